The molecule has 0 aliphatic carbocycles. The third-order valence-electron chi connectivity index (χ3n) is 2.77. The van der Waals surface area contributed by atoms with Crippen LogP contribution in [0.1, 0.15) is 0 Å². The Kier molecular flexibility index (Phi) is 3.91. The van der Waals surface area contributed by atoms with Gasteiger partial charge < -0.3 is 15.3 Å². The number of benzene rings is 1. The molecule has 1 aromatic carbocycles. The van der Waals surface area contributed by atoms with Gasteiger partial charge in [0, 0.05) is 36.9 Å². The number of amides is 1. The molecule has 1 unspecified atom stereocenters. The minimum absolute atomic E-state index is 0.0443. The fourth-order valence-electron chi connectivity index (χ4n) is 1.79. The summed E-state index contributed by atoms with van der Waals surface area (Å²) in [5, 5.41) is 12.6. The van der Waals surface area contributed by atoms with Gasteiger partial charge in [0.25, 0.3) is 0 Å². The number of anilines is 1. The highest BCUT2D eigenvalue weighted by Gasteiger charge is 2.24. The first-order chi connectivity index (χ1) is 8.18. The quantitative estimate of drug-likeness (QED) is 0.826. The van der Waals surface area contributed by atoms with Crippen LogP contribution < -0.4 is 10.2 Å². The zero-order chi connectivity index (χ0) is 12.3. The summed E-state index contributed by atoms with van der Waals surface area (Å²) in [6.45, 7) is 0.870. The van der Waals surface area contributed by atoms with E-state index in [-0.39, 0.29) is 17.7 Å². The third kappa shape index (κ3) is 2.92. The monoisotopic (exact) mass is 252 g/mol. The van der Waals surface area contributed by atoms with Crippen LogP contribution in [0.2, 0.25) is 0 Å². The van der Waals surface area contributed by atoms with Crippen molar-refractivity contribution in [2.45, 2.75) is 6.04 Å². The van der Waals surface area contributed by atoms with E-state index in [1.807, 2.05) is 6.07 Å². The number of phenols is 1. The maximum absolute atomic E-state index is 12.2. The van der Waals surface area contributed by atoms with E-state index in [0.29, 0.717) is 5.69 Å². The molecule has 0 spiro atoms. The topological polar surface area (TPSA) is 52.6 Å². The van der Waals surface area contributed by atoms with Crippen molar-refractivity contribution < 1.29 is 9.90 Å². The number of likely N-dealkylation sites (N-methyl/N-ethyl adjacent to an activating group) is 1. The van der Waals surface area contributed by atoms with Gasteiger partial charge in [0.15, 0.2) is 0 Å². The molecule has 1 aliphatic rings. The van der Waals surface area contributed by atoms with Crippen LogP contribution in [0.5, 0.6) is 5.75 Å². The number of nitrogens with zero attached hydrogens (tertiary/aromatic N) is 1. The van der Waals surface area contributed by atoms with E-state index in [1.165, 1.54) is 0 Å². The molecule has 0 aromatic heterocycles. The van der Waals surface area contributed by atoms with E-state index < -0.39 is 0 Å². The molecule has 5 heteroatoms. The molecule has 2 N–H and O–H groups in total. The molecule has 2 rings (SSSR count). The van der Waals surface area contributed by atoms with Crippen LogP contribution in [0.25, 0.3) is 0 Å². The summed E-state index contributed by atoms with van der Waals surface area (Å²) in [5.41, 5.74) is 0.715. The van der Waals surface area contributed by atoms with Gasteiger partial charge in [0.2, 0.25) is 5.91 Å². The molecule has 0 radical (unpaired) electrons. The van der Waals surface area contributed by atoms with E-state index >= 15 is 0 Å². The highest BCUT2D eigenvalue weighted by atomic mass is 32.2. The first-order valence-electron chi connectivity index (χ1n) is 5.56. The maximum Gasteiger partial charge on any atom is 0.244 e. The second kappa shape index (κ2) is 5.42. The van der Waals surface area contributed by atoms with Crippen molar-refractivity contribution in [1.82, 2.24) is 5.32 Å². The summed E-state index contributed by atoms with van der Waals surface area (Å²) in [6.07, 6.45) is 0. The minimum Gasteiger partial charge on any atom is -0.508 e. The Hall–Kier alpha value is -1.20. The molecule has 0 bridgehead atoms. The Morgan fingerprint density at radius 2 is 2.41 bits per heavy atom. The number of hydrogen-bond acceptors (Lipinski definition) is 4. The van der Waals surface area contributed by atoms with Crippen molar-refractivity contribution in [3.05, 3.63) is 24.3 Å². The average Bonchev–Trinajstić information content (AvgIpc) is 2.38. The fourth-order valence-corrected chi connectivity index (χ4v) is 2.71. The van der Waals surface area contributed by atoms with E-state index in [2.05, 4.69) is 5.32 Å². The first-order valence-corrected chi connectivity index (χ1v) is 6.71. The Morgan fingerprint density at radius 1 is 1.59 bits per heavy atom. The number of aromatic hydroxyl groups is 1. The van der Waals surface area contributed by atoms with Crippen LogP contribution in [0.15, 0.2) is 24.3 Å². The SMILES string of the molecule is CN(C(=O)C1CSCCN1)c1cccc(O)c1. The van der Waals surface area contributed by atoms with Crippen LogP contribution in [0, 0.1) is 0 Å². The lowest BCUT2D eigenvalue weighted by atomic mass is 10.2. The number of carbonyl (C=O) groups is 1. The van der Waals surface area contributed by atoms with Crippen molar-refractivity contribution >= 4 is 23.4 Å². The van der Waals surface area contributed by atoms with Crippen molar-refractivity contribution in [2.75, 3.05) is 30.0 Å². The molecule has 17 heavy (non-hydrogen) atoms. The van der Waals surface area contributed by atoms with Crippen LogP contribution in [-0.2, 0) is 4.79 Å². The summed E-state index contributed by atoms with van der Waals surface area (Å²) >= 11 is 1.79. The lowest BCUT2D eigenvalue weighted by molar-refractivity contribution is -0.119. The van der Waals surface area contributed by atoms with E-state index in [1.54, 1.807) is 41.9 Å². The molecule has 0 saturated carbocycles. The summed E-state index contributed by atoms with van der Waals surface area (Å²) in [4.78, 5) is 13.8. The van der Waals surface area contributed by atoms with E-state index in [9.17, 15) is 9.90 Å². The Labute approximate surface area is 105 Å². The number of carbonyl (C=O) groups excluding carboxylic acids is 1. The molecule has 1 amide bonds. The number of hydrogen-bond donors (Lipinski definition) is 2. The molecule has 1 atom stereocenters. The molecule has 1 aliphatic heterocycles. The summed E-state index contributed by atoms with van der Waals surface area (Å²) in [6, 6.07) is 6.61. The van der Waals surface area contributed by atoms with Gasteiger partial charge in [-0.25, -0.2) is 0 Å². The van der Waals surface area contributed by atoms with Gasteiger partial charge in [-0.05, 0) is 12.1 Å². The molecule has 1 heterocycles. The van der Waals surface area contributed by atoms with Gasteiger partial charge in [-0.2, -0.15) is 11.8 Å². The van der Waals surface area contributed by atoms with Crippen LogP contribution >= 0.6 is 11.8 Å². The van der Waals surface area contributed by atoms with Crippen molar-refractivity contribution in [3.8, 4) is 5.75 Å². The third-order valence-corrected chi connectivity index (χ3v) is 3.83. The maximum atomic E-state index is 12.2. The largest absolute Gasteiger partial charge is 0.508 e. The van der Waals surface area contributed by atoms with Gasteiger partial charge in [-0.3, -0.25) is 4.79 Å². The average molecular weight is 252 g/mol. The minimum atomic E-state index is -0.124. The first kappa shape index (κ1) is 12.3. The summed E-state index contributed by atoms with van der Waals surface area (Å²) < 4.78 is 0. The molecule has 1 saturated heterocycles. The van der Waals surface area contributed by atoms with Crippen LogP contribution in [-0.4, -0.2) is 42.2 Å². The lowest BCUT2D eigenvalue weighted by Gasteiger charge is -2.27. The van der Waals surface area contributed by atoms with Crippen LogP contribution in [0.3, 0.4) is 0 Å². The predicted octanol–water partition coefficient (Wildman–Crippen LogP) is 1.06. The zero-order valence-corrected chi connectivity index (χ0v) is 10.5. The molecular formula is C12H16N2O2S. The molecular weight excluding hydrogens is 236 g/mol. The van der Waals surface area contributed by atoms with E-state index in [4.69, 9.17) is 0 Å². The second-order valence-corrected chi connectivity index (χ2v) is 5.15. The van der Waals surface area contributed by atoms with Gasteiger partial charge >= 0.3 is 0 Å². The summed E-state index contributed by atoms with van der Waals surface area (Å²) in [7, 11) is 1.73. The van der Waals surface area contributed by atoms with Crippen molar-refractivity contribution in [2.24, 2.45) is 0 Å². The fraction of sp³-hybridized carbons (Fsp3) is 0.417. The van der Waals surface area contributed by atoms with Crippen molar-refractivity contribution in [3.63, 3.8) is 0 Å². The number of nitrogens with one attached hydrogen (secondary N) is 1. The Balaban J connectivity index is 2.08. The standard InChI is InChI=1S/C12H16N2O2S/c1-14(9-3-2-4-10(15)7-9)12(16)11-8-17-6-5-13-11/h2-4,7,11,13,15H,5-6,8H2,1H3. The van der Waals surface area contributed by atoms with Gasteiger partial charge in [-0.1, -0.05) is 6.07 Å². The Morgan fingerprint density at radius 3 is 3.06 bits per heavy atom. The molecule has 1 fully saturated rings. The van der Waals surface area contributed by atoms with Gasteiger partial charge in [0.05, 0.1) is 6.04 Å². The normalized spacial score (nSPS) is 19.9. The number of phenolic OH excluding ortho intramolecular Hbond substituents is 1. The second-order valence-electron chi connectivity index (χ2n) is 4.00. The van der Waals surface area contributed by atoms with E-state index in [0.717, 1.165) is 18.1 Å². The lowest BCUT2D eigenvalue weighted by Crippen LogP contribution is -2.49. The van der Waals surface area contributed by atoms with Gasteiger partial charge in [0.1, 0.15) is 5.75 Å². The highest BCUT2D eigenvalue weighted by Crippen LogP contribution is 2.20. The smallest absolute Gasteiger partial charge is 0.244 e. The summed E-state index contributed by atoms with van der Waals surface area (Å²) in [5.74, 6) is 2.08. The molecule has 92 valence electrons. The number of rotatable bonds is 2. The molecule has 4 nitrogen and oxygen atoms in total. The van der Waals surface area contributed by atoms with Crippen LogP contribution in [0.4, 0.5) is 5.69 Å². The molecule has 1 aromatic rings. The van der Waals surface area contributed by atoms with Gasteiger partial charge in [-0.15, -0.1) is 0 Å². The Bertz CT molecular complexity index is 405. The number of thioether (sulfide) groups is 1. The zero-order valence-electron chi connectivity index (χ0n) is 9.72. The highest BCUT2D eigenvalue weighted by molar-refractivity contribution is 7.99. The predicted molar refractivity (Wildman–Crippen MR) is 70.6 cm³/mol. The van der Waals surface area contributed by atoms with Crippen molar-refractivity contribution in [1.29, 1.82) is 0 Å².